The third-order valence-corrected chi connectivity index (χ3v) is 4.00. The molecule has 1 aromatic heterocycles. The maximum Gasteiger partial charge on any atom is 0.115 e. The van der Waals surface area contributed by atoms with Crippen LogP contribution >= 0.6 is 38.9 Å². The molecule has 4 heteroatoms. The zero-order valence-corrected chi connectivity index (χ0v) is 10.9. The van der Waals surface area contributed by atoms with Crippen molar-refractivity contribution < 1.29 is 5.11 Å². The van der Waals surface area contributed by atoms with Gasteiger partial charge < -0.3 is 5.11 Å². The Hall–Kier alpha value is -0.510. The van der Waals surface area contributed by atoms with Crippen molar-refractivity contribution in [2.24, 2.45) is 0 Å². The van der Waals surface area contributed by atoms with Crippen molar-refractivity contribution in [1.82, 2.24) is 0 Å². The minimum absolute atomic E-state index is 0.288. The molecule has 2 aromatic rings. The summed E-state index contributed by atoms with van der Waals surface area (Å²) in [5.74, 6) is 0.288. The highest BCUT2D eigenvalue weighted by atomic mass is 79.9. The van der Waals surface area contributed by atoms with Crippen LogP contribution in [-0.2, 0) is 6.42 Å². The number of thiophene rings is 1. The van der Waals surface area contributed by atoms with Crippen molar-refractivity contribution in [1.29, 1.82) is 0 Å². The summed E-state index contributed by atoms with van der Waals surface area (Å²) < 4.78 is 1.86. The maximum atomic E-state index is 9.15. The Morgan fingerprint density at radius 2 is 1.93 bits per heavy atom. The van der Waals surface area contributed by atoms with Crippen LogP contribution in [0.5, 0.6) is 5.75 Å². The van der Waals surface area contributed by atoms with Crippen LogP contribution in [0.2, 0.25) is 4.34 Å². The summed E-state index contributed by atoms with van der Waals surface area (Å²) in [4.78, 5) is 0. The van der Waals surface area contributed by atoms with Crippen molar-refractivity contribution in [3.05, 3.63) is 49.6 Å². The molecule has 0 aliphatic carbocycles. The van der Waals surface area contributed by atoms with Gasteiger partial charge in [0.15, 0.2) is 0 Å². The number of phenols is 1. The van der Waals surface area contributed by atoms with E-state index in [9.17, 15) is 0 Å². The highest BCUT2D eigenvalue weighted by Gasteiger charge is 2.06. The van der Waals surface area contributed by atoms with E-state index in [2.05, 4.69) is 15.9 Å². The first kappa shape index (κ1) is 11.0. The van der Waals surface area contributed by atoms with E-state index < -0.39 is 0 Å². The Morgan fingerprint density at radius 3 is 2.47 bits per heavy atom. The molecule has 0 atom stereocenters. The summed E-state index contributed by atoms with van der Waals surface area (Å²) in [6.07, 6.45) is 0.793. The van der Waals surface area contributed by atoms with Crippen LogP contribution in [0.15, 0.2) is 34.1 Å². The average Bonchev–Trinajstić information content (AvgIpc) is 2.49. The van der Waals surface area contributed by atoms with E-state index in [1.165, 1.54) is 11.3 Å². The van der Waals surface area contributed by atoms with Gasteiger partial charge in [0.05, 0.1) is 8.12 Å². The van der Waals surface area contributed by atoms with Crippen LogP contribution in [0.1, 0.15) is 11.1 Å². The molecular formula is C11H8BrClOS. The first-order valence-corrected chi connectivity index (χ1v) is 6.35. The van der Waals surface area contributed by atoms with E-state index in [1.807, 2.05) is 18.2 Å². The van der Waals surface area contributed by atoms with E-state index >= 15 is 0 Å². The van der Waals surface area contributed by atoms with E-state index in [0.29, 0.717) is 0 Å². The zero-order valence-electron chi connectivity index (χ0n) is 7.71. The molecule has 0 radical (unpaired) electrons. The summed E-state index contributed by atoms with van der Waals surface area (Å²) in [5.41, 5.74) is 2.25. The highest BCUT2D eigenvalue weighted by Crippen LogP contribution is 2.32. The van der Waals surface area contributed by atoms with E-state index in [1.54, 1.807) is 12.1 Å². The molecule has 1 nitrogen and oxygen atoms in total. The molecule has 1 heterocycles. The predicted molar refractivity (Wildman–Crippen MR) is 67.9 cm³/mol. The monoisotopic (exact) mass is 302 g/mol. The first-order chi connectivity index (χ1) is 7.15. The minimum atomic E-state index is 0.288. The van der Waals surface area contributed by atoms with Gasteiger partial charge in [0, 0.05) is 0 Å². The van der Waals surface area contributed by atoms with Gasteiger partial charge >= 0.3 is 0 Å². The standard InChI is InChI=1S/C11H8BrClOS/c12-10-6-8(11(13)15-10)5-7-1-3-9(14)4-2-7/h1-4,6,14H,5H2. The number of hydrogen-bond acceptors (Lipinski definition) is 2. The Morgan fingerprint density at radius 1 is 1.27 bits per heavy atom. The fraction of sp³-hybridized carbons (Fsp3) is 0.0909. The normalized spacial score (nSPS) is 10.5. The molecule has 0 aliphatic heterocycles. The molecule has 2 rings (SSSR count). The smallest absolute Gasteiger partial charge is 0.115 e. The van der Waals surface area contributed by atoms with Crippen LogP contribution in [0, 0.1) is 0 Å². The molecule has 0 saturated carbocycles. The maximum absolute atomic E-state index is 9.15. The van der Waals surface area contributed by atoms with Crippen LogP contribution in [0.3, 0.4) is 0 Å². The molecule has 78 valence electrons. The molecule has 0 saturated heterocycles. The molecule has 0 aliphatic rings. The molecule has 15 heavy (non-hydrogen) atoms. The van der Waals surface area contributed by atoms with Crippen LogP contribution in [-0.4, -0.2) is 5.11 Å². The summed E-state index contributed by atoms with van der Waals surface area (Å²) in [7, 11) is 0. The Kier molecular flexibility index (Phi) is 3.34. The predicted octanol–water partition coefficient (Wildman–Crippen LogP) is 4.46. The number of benzene rings is 1. The molecule has 0 amide bonds. The van der Waals surface area contributed by atoms with Crippen molar-refractivity contribution in [2.45, 2.75) is 6.42 Å². The molecular weight excluding hydrogens is 296 g/mol. The fourth-order valence-electron chi connectivity index (χ4n) is 1.33. The van der Waals surface area contributed by atoms with Crippen LogP contribution < -0.4 is 0 Å². The van der Waals surface area contributed by atoms with Gasteiger partial charge in [0.1, 0.15) is 5.75 Å². The lowest BCUT2D eigenvalue weighted by Gasteiger charge is -1.99. The lowest BCUT2D eigenvalue weighted by atomic mass is 10.1. The van der Waals surface area contributed by atoms with Gasteiger partial charge in [-0.25, -0.2) is 0 Å². The summed E-state index contributed by atoms with van der Waals surface area (Å²) in [5, 5.41) is 9.15. The summed E-state index contributed by atoms with van der Waals surface area (Å²) in [6, 6.07) is 9.20. The average molecular weight is 304 g/mol. The molecule has 0 unspecified atom stereocenters. The van der Waals surface area contributed by atoms with Crippen molar-refractivity contribution in [3.63, 3.8) is 0 Å². The van der Waals surface area contributed by atoms with Crippen molar-refractivity contribution in [3.8, 4) is 5.75 Å². The zero-order chi connectivity index (χ0) is 10.8. The Balaban J connectivity index is 2.21. The third-order valence-electron chi connectivity index (χ3n) is 2.06. The molecule has 0 fully saturated rings. The molecule has 0 spiro atoms. The van der Waals surface area contributed by atoms with Crippen LogP contribution in [0.4, 0.5) is 0 Å². The van der Waals surface area contributed by atoms with Crippen molar-refractivity contribution in [2.75, 3.05) is 0 Å². The van der Waals surface area contributed by atoms with Crippen molar-refractivity contribution >= 4 is 38.9 Å². The number of hydrogen-bond donors (Lipinski definition) is 1. The molecule has 1 N–H and O–H groups in total. The lowest BCUT2D eigenvalue weighted by Crippen LogP contribution is -1.85. The second kappa shape index (κ2) is 4.56. The van der Waals surface area contributed by atoms with Gasteiger partial charge in [-0.05, 0) is 51.7 Å². The largest absolute Gasteiger partial charge is 0.508 e. The Labute approximate surface area is 105 Å². The highest BCUT2D eigenvalue weighted by molar-refractivity contribution is 9.11. The molecule has 0 bridgehead atoms. The number of halogens is 2. The third kappa shape index (κ3) is 2.74. The van der Waals surface area contributed by atoms with E-state index in [0.717, 1.165) is 25.7 Å². The summed E-state index contributed by atoms with van der Waals surface area (Å²) in [6.45, 7) is 0. The van der Waals surface area contributed by atoms with Gasteiger partial charge in [-0.3, -0.25) is 0 Å². The number of phenolic OH excluding ortho intramolecular Hbond substituents is 1. The van der Waals surface area contributed by atoms with Gasteiger partial charge in [-0.2, -0.15) is 0 Å². The first-order valence-electron chi connectivity index (χ1n) is 4.37. The van der Waals surface area contributed by atoms with Gasteiger partial charge in [-0.1, -0.05) is 23.7 Å². The van der Waals surface area contributed by atoms with Gasteiger partial charge in [0.25, 0.3) is 0 Å². The fourth-order valence-corrected chi connectivity index (χ4v) is 3.38. The van der Waals surface area contributed by atoms with Gasteiger partial charge in [-0.15, -0.1) is 11.3 Å². The quantitative estimate of drug-likeness (QED) is 0.868. The lowest BCUT2D eigenvalue weighted by molar-refractivity contribution is 0.475. The SMILES string of the molecule is Oc1ccc(Cc2cc(Br)sc2Cl)cc1. The number of rotatable bonds is 2. The van der Waals surface area contributed by atoms with Gasteiger partial charge in [0.2, 0.25) is 0 Å². The van der Waals surface area contributed by atoms with Crippen LogP contribution in [0.25, 0.3) is 0 Å². The second-order valence-electron chi connectivity index (χ2n) is 3.19. The second-order valence-corrected chi connectivity index (χ2v) is 6.23. The minimum Gasteiger partial charge on any atom is -0.508 e. The van der Waals surface area contributed by atoms with E-state index in [-0.39, 0.29) is 5.75 Å². The Bertz CT molecular complexity index is 464. The number of aromatic hydroxyl groups is 1. The van der Waals surface area contributed by atoms with E-state index in [4.69, 9.17) is 16.7 Å². The molecule has 1 aromatic carbocycles. The summed E-state index contributed by atoms with van der Waals surface area (Å²) >= 11 is 11.0. The topological polar surface area (TPSA) is 20.2 Å².